The first-order valence-corrected chi connectivity index (χ1v) is 5.31. The summed E-state index contributed by atoms with van der Waals surface area (Å²) in [7, 11) is -3.83. The number of nitrogens with two attached hydrogens (primary N) is 1. The minimum atomic E-state index is -3.83. The van der Waals surface area contributed by atoms with Gasteiger partial charge in [-0.3, -0.25) is 4.79 Å². The van der Waals surface area contributed by atoms with E-state index < -0.39 is 22.6 Å². The molecule has 1 rings (SSSR count). The first-order valence-electron chi connectivity index (χ1n) is 3.98. The molecule has 80 valence electrons. The van der Waals surface area contributed by atoms with Crippen LogP contribution in [0.5, 0.6) is 0 Å². The summed E-state index contributed by atoms with van der Waals surface area (Å²) in [5.41, 5.74) is 5.76. The third-order valence-electron chi connectivity index (χ3n) is 1.93. The Labute approximate surface area is 82.0 Å². The van der Waals surface area contributed by atoms with Gasteiger partial charge in [0, 0.05) is 5.57 Å². The minimum Gasteiger partial charge on any atom is -0.366 e. The Morgan fingerprint density at radius 1 is 1.43 bits per heavy atom. The molecular weight excluding hydrogens is 210 g/mol. The number of hydrogen-bond acceptors (Lipinski definition) is 5. The third-order valence-corrected chi connectivity index (χ3v) is 2.75. The van der Waals surface area contributed by atoms with Gasteiger partial charge in [0.25, 0.3) is 0 Å². The largest absolute Gasteiger partial charge is 0.405 e. The summed E-state index contributed by atoms with van der Waals surface area (Å²) in [4.78, 5) is 10.8. The summed E-state index contributed by atoms with van der Waals surface area (Å²) in [6.07, 6.45) is -0.549. The van der Waals surface area contributed by atoms with Gasteiger partial charge in [0.1, 0.15) is 0 Å². The molecule has 0 bridgehead atoms. The van der Waals surface area contributed by atoms with Crippen molar-refractivity contribution in [1.29, 1.82) is 0 Å². The van der Waals surface area contributed by atoms with E-state index in [2.05, 4.69) is 8.37 Å². The summed E-state index contributed by atoms with van der Waals surface area (Å²) in [6, 6.07) is 0. The summed E-state index contributed by atoms with van der Waals surface area (Å²) in [6.45, 7) is 3.25. The summed E-state index contributed by atoms with van der Waals surface area (Å²) in [5, 5.41) is 0. The summed E-state index contributed by atoms with van der Waals surface area (Å²) < 4.78 is 29.9. The van der Waals surface area contributed by atoms with Crippen molar-refractivity contribution in [3.05, 3.63) is 11.1 Å². The molecule has 1 fully saturated rings. The molecule has 0 saturated carbocycles. The predicted molar refractivity (Wildman–Crippen MR) is 47.1 cm³/mol. The van der Waals surface area contributed by atoms with E-state index in [-0.39, 0.29) is 5.57 Å². The molecular formula is C7H11NO5S. The monoisotopic (exact) mass is 221 g/mol. The Hall–Kier alpha value is -0.920. The van der Waals surface area contributed by atoms with Gasteiger partial charge in [-0.05, 0) is 18.9 Å². The standard InChI is InChI=1S/C7H11NO5S/c1-3-5(4(2)6(8)9)7-12-14(10,11)13-7/h7H,3H2,1-2H3,(H2,8,9)/b5-4+. The van der Waals surface area contributed by atoms with Gasteiger partial charge < -0.3 is 5.73 Å². The zero-order valence-corrected chi connectivity index (χ0v) is 8.63. The molecule has 2 N–H and O–H groups in total. The van der Waals surface area contributed by atoms with E-state index in [0.717, 1.165) is 0 Å². The first-order chi connectivity index (χ1) is 6.37. The van der Waals surface area contributed by atoms with E-state index in [9.17, 15) is 13.2 Å². The average Bonchev–Trinajstić information content (AvgIpc) is 2.02. The Kier molecular flexibility index (Phi) is 2.93. The normalized spacial score (nSPS) is 22.4. The van der Waals surface area contributed by atoms with Crippen LogP contribution in [0.1, 0.15) is 20.3 Å². The lowest BCUT2D eigenvalue weighted by atomic mass is 10.1. The second-order valence-corrected chi connectivity index (χ2v) is 4.00. The van der Waals surface area contributed by atoms with Crippen LogP contribution in [0, 0.1) is 0 Å². The maximum absolute atomic E-state index is 10.8. The van der Waals surface area contributed by atoms with Gasteiger partial charge in [-0.15, -0.1) is 0 Å². The molecule has 1 amide bonds. The molecule has 0 aliphatic carbocycles. The Morgan fingerprint density at radius 2 is 1.93 bits per heavy atom. The van der Waals surface area contributed by atoms with Crippen molar-refractivity contribution in [1.82, 2.24) is 0 Å². The van der Waals surface area contributed by atoms with Crippen molar-refractivity contribution >= 4 is 16.3 Å². The van der Waals surface area contributed by atoms with Crippen molar-refractivity contribution in [3.8, 4) is 0 Å². The molecule has 1 aliphatic rings. The smallest absolute Gasteiger partial charge is 0.366 e. The molecule has 0 aromatic heterocycles. The van der Waals surface area contributed by atoms with Crippen molar-refractivity contribution in [3.63, 3.8) is 0 Å². The maximum atomic E-state index is 10.8. The molecule has 1 aliphatic heterocycles. The molecule has 0 aromatic rings. The zero-order chi connectivity index (χ0) is 10.9. The van der Waals surface area contributed by atoms with Gasteiger partial charge in [0.2, 0.25) is 12.2 Å². The SMILES string of the molecule is CC/C(=C(/C)C(N)=O)C1OS(=O)(=O)O1. The fourth-order valence-corrected chi connectivity index (χ4v) is 1.78. The summed E-state index contributed by atoms with van der Waals surface area (Å²) >= 11 is 0. The molecule has 0 unspecified atom stereocenters. The van der Waals surface area contributed by atoms with Gasteiger partial charge in [-0.25, -0.2) is 8.37 Å². The lowest BCUT2D eigenvalue weighted by molar-refractivity contribution is -0.115. The minimum absolute atomic E-state index is 0.271. The molecule has 14 heavy (non-hydrogen) atoms. The van der Waals surface area contributed by atoms with Crippen molar-refractivity contribution in [2.24, 2.45) is 5.73 Å². The van der Waals surface area contributed by atoms with E-state index in [1.165, 1.54) is 6.92 Å². The molecule has 6 nitrogen and oxygen atoms in total. The maximum Gasteiger partial charge on any atom is 0.405 e. The van der Waals surface area contributed by atoms with Crippen LogP contribution in [0.25, 0.3) is 0 Å². The van der Waals surface area contributed by atoms with Crippen LogP contribution in [0.4, 0.5) is 0 Å². The topological polar surface area (TPSA) is 95.7 Å². The fourth-order valence-electron chi connectivity index (χ4n) is 1.10. The third kappa shape index (κ3) is 2.11. The Morgan fingerprint density at radius 3 is 2.21 bits per heavy atom. The molecule has 7 heteroatoms. The second-order valence-electron chi connectivity index (χ2n) is 2.80. The van der Waals surface area contributed by atoms with Crippen molar-refractivity contribution in [2.45, 2.75) is 26.6 Å². The highest BCUT2D eigenvalue weighted by atomic mass is 32.3. The van der Waals surface area contributed by atoms with Crippen LogP contribution >= 0.6 is 0 Å². The van der Waals surface area contributed by atoms with E-state index >= 15 is 0 Å². The number of carbonyl (C=O) groups is 1. The quantitative estimate of drug-likeness (QED) is 0.667. The highest BCUT2D eigenvalue weighted by Gasteiger charge is 2.39. The van der Waals surface area contributed by atoms with E-state index in [0.29, 0.717) is 12.0 Å². The van der Waals surface area contributed by atoms with Gasteiger partial charge >= 0.3 is 10.4 Å². The van der Waals surface area contributed by atoms with Crippen LogP contribution in [0.2, 0.25) is 0 Å². The number of hydrogen-bond donors (Lipinski definition) is 1. The van der Waals surface area contributed by atoms with E-state index in [4.69, 9.17) is 5.73 Å². The second kappa shape index (κ2) is 3.68. The van der Waals surface area contributed by atoms with Crippen LogP contribution in [-0.2, 0) is 23.6 Å². The van der Waals surface area contributed by atoms with Crippen LogP contribution in [-0.4, -0.2) is 20.6 Å². The zero-order valence-electron chi connectivity index (χ0n) is 7.81. The fraction of sp³-hybridized carbons (Fsp3) is 0.571. The van der Waals surface area contributed by atoms with Gasteiger partial charge in [-0.2, -0.15) is 8.42 Å². The predicted octanol–water partition coefficient (Wildman–Crippen LogP) is -0.184. The molecule has 0 radical (unpaired) electrons. The summed E-state index contributed by atoms with van der Waals surface area (Å²) in [5.74, 6) is -0.613. The number of amides is 1. The van der Waals surface area contributed by atoms with Crippen LogP contribution in [0.3, 0.4) is 0 Å². The average molecular weight is 221 g/mol. The molecule has 0 atom stereocenters. The lowest BCUT2D eigenvalue weighted by Gasteiger charge is -2.27. The van der Waals surface area contributed by atoms with Crippen molar-refractivity contribution in [2.75, 3.05) is 0 Å². The van der Waals surface area contributed by atoms with Gasteiger partial charge in [-0.1, -0.05) is 6.92 Å². The van der Waals surface area contributed by atoms with Crippen LogP contribution < -0.4 is 5.73 Å². The lowest BCUT2D eigenvalue weighted by Crippen LogP contribution is -2.38. The molecule has 1 heterocycles. The van der Waals surface area contributed by atoms with Crippen LogP contribution in [0.15, 0.2) is 11.1 Å². The Balaban J connectivity index is 2.85. The number of primary amides is 1. The molecule has 0 aromatic carbocycles. The van der Waals surface area contributed by atoms with E-state index in [1.54, 1.807) is 6.92 Å². The van der Waals surface area contributed by atoms with Gasteiger partial charge in [0.15, 0.2) is 0 Å². The van der Waals surface area contributed by atoms with Crippen molar-refractivity contribution < 1.29 is 21.6 Å². The first kappa shape index (κ1) is 11.2. The van der Waals surface area contributed by atoms with Gasteiger partial charge in [0.05, 0.1) is 0 Å². The number of carbonyl (C=O) groups excluding carboxylic acids is 1. The Bertz CT molecular complexity index is 371. The molecule has 0 spiro atoms. The highest BCUT2D eigenvalue weighted by Crippen LogP contribution is 2.28. The number of rotatable bonds is 3. The molecule has 1 saturated heterocycles. The van der Waals surface area contributed by atoms with E-state index in [1.807, 2.05) is 0 Å². The highest BCUT2D eigenvalue weighted by molar-refractivity contribution is 7.82.